The Balaban J connectivity index is 1.28. The predicted octanol–water partition coefficient (Wildman–Crippen LogP) is 3.65. The summed E-state index contributed by atoms with van der Waals surface area (Å²) < 4.78 is 7.89. The third-order valence-electron chi connectivity index (χ3n) is 7.33. The Morgan fingerprint density at radius 2 is 2.05 bits per heavy atom. The van der Waals surface area contributed by atoms with E-state index >= 15 is 0 Å². The molecule has 2 bridgehead atoms. The lowest BCUT2D eigenvalue weighted by atomic mass is 9.83. The summed E-state index contributed by atoms with van der Waals surface area (Å²) in [6.45, 7) is 12.1. The molecule has 2 unspecified atom stereocenters. The van der Waals surface area contributed by atoms with Gasteiger partial charge in [0.25, 0.3) is 11.5 Å². The number of piperidine rings is 1. The molecule has 3 aromatic rings. The molecule has 2 atom stereocenters. The van der Waals surface area contributed by atoms with E-state index in [1.165, 1.54) is 0 Å². The molecule has 1 fully saturated rings. The first-order valence-electron chi connectivity index (χ1n) is 13.3. The summed E-state index contributed by atoms with van der Waals surface area (Å²) in [4.78, 5) is 27.3. The largest absolute Gasteiger partial charge is 0.494 e. The number of pyridine rings is 1. The van der Waals surface area contributed by atoms with Gasteiger partial charge in [-0.3, -0.25) is 19.6 Å². The van der Waals surface area contributed by atoms with Crippen LogP contribution in [-0.2, 0) is 18.5 Å². The van der Waals surface area contributed by atoms with Gasteiger partial charge in [0.15, 0.2) is 5.69 Å². The molecule has 2 aliphatic rings. The quantitative estimate of drug-likeness (QED) is 0.369. The van der Waals surface area contributed by atoms with Crippen LogP contribution in [0.3, 0.4) is 0 Å². The highest BCUT2D eigenvalue weighted by molar-refractivity contribution is 5.93. The van der Waals surface area contributed by atoms with Crippen molar-refractivity contribution in [1.29, 1.82) is 0 Å². The van der Waals surface area contributed by atoms with Gasteiger partial charge in [-0.1, -0.05) is 26.8 Å². The number of fused-ring (bicyclic) bond motifs is 4. The number of ether oxygens (including phenoxy) is 1. The van der Waals surface area contributed by atoms with Crippen molar-refractivity contribution >= 4 is 12.1 Å². The summed E-state index contributed by atoms with van der Waals surface area (Å²) in [6, 6.07) is 13.3. The van der Waals surface area contributed by atoms with Crippen molar-refractivity contribution in [2.45, 2.75) is 58.5 Å². The van der Waals surface area contributed by atoms with Crippen molar-refractivity contribution < 1.29 is 9.53 Å². The number of hydrogen-bond acceptors (Lipinski definition) is 6. The molecule has 5 rings (SSSR count). The van der Waals surface area contributed by atoms with Crippen LogP contribution in [0.5, 0.6) is 5.75 Å². The number of nitrogens with one attached hydrogen (secondary N) is 2. The van der Waals surface area contributed by atoms with Crippen LogP contribution in [0, 0.1) is 5.92 Å². The standard InChI is InChI=1S/C29H36N6O3/c1-5-38-25-10-9-19(14-30-33-28(37)23-13-26(32-31-23)29(2,3)4)11-22(25)18-34-15-20-12-21(17-34)24-7-6-8-27(36)35(24)16-20/h6-11,13-14,20-21H,5,12,15-18H2,1-4H3,(H,31,32)(H,33,37)/b30-14+. The minimum absolute atomic E-state index is 0.102. The third-order valence-corrected chi connectivity index (χ3v) is 7.33. The summed E-state index contributed by atoms with van der Waals surface area (Å²) in [5.74, 6) is 1.30. The zero-order chi connectivity index (χ0) is 26.9. The van der Waals surface area contributed by atoms with Crippen molar-refractivity contribution in [3.63, 3.8) is 0 Å². The van der Waals surface area contributed by atoms with E-state index in [0.29, 0.717) is 24.1 Å². The first kappa shape index (κ1) is 25.9. The number of carbonyl (C=O) groups is 1. The van der Waals surface area contributed by atoms with Crippen molar-refractivity contribution in [2.24, 2.45) is 11.0 Å². The van der Waals surface area contributed by atoms with Gasteiger partial charge in [-0.05, 0) is 55.2 Å². The second-order valence-corrected chi connectivity index (χ2v) is 11.3. The maximum atomic E-state index is 12.5. The molecule has 38 heavy (non-hydrogen) atoms. The van der Waals surface area contributed by atoms with Crippen LogP contribution in [0.1, 0.15) is 73.0 Å². The van der Waals surface area contributed by atoms with Gasteiger partial charge >= 0.3 is 0 Å². The highest BCUT2D eigenvalue weighted by Crippen LogP contribution is 2.36. The van der Waals surface area contributed by atoms with Crippen molar-refractivity contribution in [2.75, 3.05) is 19.7 Å². The number of nitrogens with zero attached hydrogens (tertiary/aromatic N) is 4. The molecular weight excluding hydrogens is 480 g/mol. The number of carbonyl (C=O) groups excluding carboxylic acids is 1. The lowest BCUT2D eigenvalue weighted by molar-refractivity contribution is 0.0950. The molecule has 2 N–H and O–H groups in total. The van der Waals surface area contributed by atoms with E-state index in [9.17, 15) is 9.59 Å². The Hall–Kier alpha value is -3.72. The van der Waals surface area contributed by atoms with Crippen LogP contribution >= 0.6 is 0 Å². The number of likely N-dealkylation sites (tertiary alicyclic amines) is 1. The average Bonchev–Trinajstić information content (AvgIpc) is 3.38. The molecule has 2 aromatic heterocycles. The number of amides is 1. The van der Waals surface area contributed by atoms with Crippen molar-refractivity contribution in [1.82, 2.24) is 25.1 Å². The third kappa shape index (κ3) is 5.57. The Kier molecular flexibility index (Phi) is 7.21. The maximum absolute atomic E-state index is 12.5. The molecule has 2 aliphatic heterocycles. The predicted molar refractivity (Wildman–Crippen MR) is 147 cm³/mol. The van der Waals surface area contributed by atoms with Crippen LogP contribution < -0.4 is 15.7 Å². The number of benzene rings is 1. The fraction of sp³-hybridized carbons (Fsp3) is 0.448. The monoisotopic (exact) mass is 516 g/mol. The summed E-state index contributed by atoms with van der Waals surface area (Å²) in [5, 5.41) is 11.2. The summed E-state index contributed by atoms with van der Waals surface area (Å²) in [7, 11) is 0. The molecule has 9 heteroatoms. The maximum Gasteiger partial charge on any atom is 0.291 e. The first-order chi connectivity index (χ1) is 18.2. The summed E-state index contributed by atoms with van der Waals surface area (Å²) in [6.07, 6.45) is 2.76. The fourth-order valence-corrected chi connectivity index (χ4v) is 5.51. The molecular formula is C29H36N6O3. The van der Waals surface area contributed by atoms with Gasteiger partial charge in [0.05, 0.1) is 12.8 Å². The van der Waals surface area contributed by atoms with E-state index < -0.39 is 0 Å². The average molecular weight is 517 g/mol. The van der Waals surface area contributed by atoms with Gasteiger partial charge in [0, 0.05) is 60.5 Å². The normalized spacial score (nSPS) is 19.4. The lowest BCUT2D eigenvalue weighted by Gasteiger charge is -2.43. The molecule has 0 aliphatic carbocycles. The molecule has 1 saturated heterocycles. The number of aromatic nitrogens is 3. The molecule has 1 aromatic carbocycles. The van der Waals surface area contributed by atoms with E-state index in [0.717, 1.165) is 60.9 Å². The smallest absolute Gasteiger partial charge is 0.291 e. The SMILES string of the molecule is CCOc1ccc(/C=N/NC(=O)c2cc(C(C)(C)C)[nH]n2)cc1CN1CC2CC(C1)c1cccc(=O)n1C2. The molecule has 0 spiro atoms. The van der Waals surface area contributed by atoms with Gasteiger partial charge in [0.2, 0.25) is 0 Å². The molecule has 0 radical (unpaired) electrons. The van der Waals surface area contributed by atoms with E-state index in [1.54, 1.807) is 18.3 Å². The van der Waals surface area contributed by atoms with E-state index in [4.69, 9.17) is 4.74 Å². The van der Waals surface area contributed by atoms with E-state index in [1.807, 2.05) is 29.7 Å². The van der Waals surface area contributed by atoms with Crippen LogP contribution in [0.15, 0.2) is 52.4 Å². The molecule has 0 saturated carbocycles. The Morgan fingerprint density at radius 1 is 1.21 bits per heavy atom. The number of hydrogen-bond donors (Lipinski definition) is 2. The Bertz CT molecular complexity index is 1400. The summed E-state index contributed by atoms with van der Waals surface area (Å²) in [5.41, 5.74) is 6.84. The molecule has 200 valence electrons. The first-order valence-corrected chi connectivity index (χ1v) is 13.3. The lowest BCUT2D eigenvalue weighted by Crippen LogP contribution is -2.46. The molecule has 9 nitrogen and oxygen atoms in total. The minimum atomic E-state index is -0.363. The Labute approximate surface area is 222 Å². The number of H-pyrrole nitrogens is 1. The Morgan fingerprint density at radius 3 is 2.82 bits per heavy atom. The molecule has 1 amide bonds. The number of hydrazone groups is 1. The number of rotatable bonds is 7. The highest BCUT2D eigenvalue weighted by Gasteiger charge is 2.34. The van der Waals surface area contributed by atoms with Crippen LogP contribution in [0.4, 0.5) is 0 Å². The van der Waals surface area contributed by atoms with Crippen molar-refractivity contribution in [3.05, 3.63) is 81.0 Å². The van der Waals surface area contributed by atoms with Gasteiger partial charge in [0.1, 0.15) is 5.75 Å². The van der Waals surface area contributed by atoms with Crippen LogP contribution in [0.2, 0.25) is 0 Å². The van der Waals surface area contributed by atoms with Gasteiger partial charge in [-0.2, -0.15) is 10.2 Å². The topological polar surface area (TPSA) is 105 Å². The van der Waals surface area contributed by atoms with E-state index in [-0.39, 0.29) is 16.9 Å². The van der Waals surface area contributed by atoms with E-state index in [2.05, 4.69) is 58.5 Å². The zero-order valence-corrected chi connectivity index (χ0v) is 22.5. The van der Waals surface area contributed by atoms with Crippen molar-refractivity contribution in [3.8, 4) is 5.75 Å². The summed E-state index contributed by atoms with van der Waals surface area (Å²) >= 11 is 0. The van der Waals surface area contributed by atoms with Crippen LogP contribution in [0.25, 0.3) is 0 Å². The van der Waals surface area contributed by atoms with Gasteiger partial charge in [-0.15, -0.1) is 0 Å². The number of aromatic amines is 1. The van der Waals surface area contributed by atoms with Gasteiger partial charge in [-0.25, -0.2) is 5.43 Å². The van der Waals surface area contributed by atoms with Gasteiger partial charge < -0.3 is 9.30 Å². The molecule has 4 heterocycles. The van der Waals surface area contributed by atoms with Crippen LogP contribution in [-0.4, -0.2) is 51.5 Å². The minimum Gasteiger partial charge on any atom is -0.494 e. The second-order valence-electron chi connectivity index (χ2n) is 11.3. The fourth-order valence-electron chi connectivity index (χ4n) is 5.51. The second kappa shape index (κ2) is 10.6. The zero-order valence-electron chi connectivity index (χ0n) is 22.5. The highest BCUT2D eigenvalue weighted by atomic mass is 16.5.